The van der Waals surface area contributed by atoms with Crippen molar-refractivity contribution in [2.75, 3.05) is 6.54 Å². The second-order valence-electron chi connectivity index (χ2n) is 5.07. The van der Waals surface area contributed by atoms with E-state index in [1.807, 2.05) is 18.3 Å². The number of hydrogen-bond acceptors (Lipinski definition) is 3. The SMILES string of the molecule is O=C(OC1CCCC1)N1CCc2ncccc2C1. The second-order valence-corrected chi connectivity index (χ2v) is 5.07. The van der Waals surface area contributed by atoms with Gasteiger partial charge in [-0.2, -0.15) is 0 Å². The van der Waals surface area contributed by atoms with Gasteiger partial charge in [0, 0.05) is 24.9 Å². The van der Waals surface area contributed by atoms with Gasteiger partial charge >= 0.3 is 6.09 Å². The first-order chi connectivity index (χ1) is 8.83. The van der Waals surface area contributed by atoms with Crippen LogP contribution in [0.25, 0.3) is 0 Å². The minimum absolute atomic E-state index is 0.146. The Hall–Kier alpha value is -1.58. The van der Waals surface area contributed by atoms with E-state index in [-0.39, 0.29) is 12.2 Å². The van der Waals surface area contributed by atoms with E-state index >= 15 is 0 Å². The molecule has 0 aromatic carbocycles. The summed E-state index contributed by atoms with van der Waals surface area (Å²) in [6.07, 6.45) is 7.05. The van der Waals surface area contributed by atoms with Gasteiger partial charge in [-0.15, -0.1) is 0 Å². The summed E-state index contributed by atoms with van der Waals surface area (Å²) in [5.41, 5.74) is 2.26. The molecule has 4 nitrogen and oxygen atoms in total. The summed E-state index contributed by atoms with van der Waals surface area (Å²) >= 11 is 0. The Morgan fingerprint density at radius 2 is 2.22 bits per heavy atom. The number of nitrogens with zero attached hydrogens (tertiary/aromatic N) is 2. The largest absolute Gasteiger partial charge is 0.446 e. The summed E-state index contributed by atoms with van der Waals surface area (Å²) in [7, 11) is 0. The van der Waals surface area contributed by atoms with E-state index in [9.17, 15) is 4.79 Å². The van der Waals surface area contributed by atoms with Gasteiger partial charge in [0.15, 0.2) is 0 Å². The van der Waals surface area contributed by atoms with Crippen LogP contribution in [0.15, 0.2) is 18.3 Å². The fourth-order valence-electron chi connectivity index (χ4n) is 2.75. The number of carbonyl (C=O) groups excluding carboxylic acids is 1. The van der Waals surface area contributed by atoms with Gasteiger partial charge in [0.2, 0.25) is 0 Å². The molecule has 18 heavy (non-hydrogen) atoms. The molecule has 1 aliphatic heterocycles. The van der Waals surface area contributed by atoms with Crippen LogP contribution in [0.3, 0.4) is 0 Å². The van der Waals surface area contributed by atoms with Crippen LogP contribution in [0.2, 0.25) is 0 Å². The first-order valence-electron chi connectivity index (χ1n) is 6.71. The van der Waals surface area contributed by atoms with Crippen molar-refractivity contribution in [2.24, 2.45) is 0 Å². The van der Waals surface area contributed by atoms with E-state index in [1.54, 1.807) is 4.90 Å². The third kappa shape index (κ3) is 2.33. The normalized spacial score (nSPS) is 19.7. The lowest BCUT2D eigenvalue weighted by Crippen LogP contribution is -2.38. The van der Waals surface area contributed by atoms with Crippen molar-refractivity contribution in [3.63, 3.8) is 0 Å². The molecule has 1 aromatic heterocycles. The van der Waals surface area contributed by atoms with Gasteiger partial charge in [0.25, 0.3) is 0 Å². The molecule has 1 fully saturated rings. The van der Waals surface area contributed by atoms with E-state index in [1.165, 1.54) is 12.8 Å². The summed E-state index contributed by atoms with van der Waals surface area (Å²) < 4.78 is 5.53. The van der Waals surface area contributed by atoms with E-state index < -0.39 is 0 Å². The Bertz CT molecular complexity index is 441. The zero-order valence-electron chi connectivity index (χ0n) is 10.5. The molecule has 0 unspecified atom stereocenters. The lowest BCUT2D eigenvalue weighted by molar-refractivity contribution is 0.0617. The molecule has 0 atom stereocenters. The molecule has 2 heterocycles. The third-order valence-corrected chi connectivity index (χ3v) is 3.79. The lowest BCUT2D eigenvalue weighted by atomic mass is 10.1. The summed E-state index contributed by atoms with van der Waals surface area (Å²) in [6, 6.07) is 3.96. The predicted octanol–water partition coefficient (Wildman–Crippen LogP) is 2.52. The number of rotatable bonds is 1. The zero-order chi connectivity index (χ0) is 12.4. The van der Waals surface area contributed by atoms with Crippen molar-refractivity contribution < 1.29 is 9.53 Å². The van der Waals surface area contributed by atoms with Crippen molar-refractivity contribution in [1.29, 1.82) is 0 Å². The number of hydrogen-bond donors (Lipinski definition) is 0. The summed E-state index contributed by atoms with van der Waals surface area (Å²) in [6.45, 7) is 1.35. The molecule has 0 spiro atoms. The summed E-state index contributed by atoms with van der Waals surface area (Å²) in [5, 5.41) is 0. The Kier molecular flexibility index (Phi) is 3.17. The highest BCUT2D eigenvalue weighted by Crippen LogP contribution is 2.23. The van der Waals surface area contributed by atoms with Gasteiger partial charge in [-0.25, -0.2) is 4.79 Å². The Labute approximate surface area is 107 Å². The minimum atomic E-state index is -0.156. The fraction of sp³-hybridized carbons (Fsp3) is 0.571. The highest BCUT2D eigenvalue weighted by Gasteiger charge is 2.26. The maximum atomic E-state index is 12.0. The van der Waals surface area contributed by atoms with E-state index in [4.69, 9.17) is 4.74 Å². The molecule has 1 aromatic rings. The zero-order valence-corrected chi connectivity index (χ0v) is 10.5. The van der Waals surface area contributed by atoms with Crippen LogP contribution in [-0.2, 0) is 17.7 Å². The van der Waals surface area contributed by atoms with Gasteiger partial charge in [0.05, 0.1) is 6.54 Å². The molecule has 0 radical (unpaired) electrons. The number of pyridine rings is 1. The molecule has 0 bridgehead atoms. The average Bonchev–Trinajstić information content (AvgIpc) is 2.91. The van der Waals surface area contributed by atoms with E-state index in [0.717, 1.165) is 37.1 Å². The molecule has 0 N–H and O–H groups in total. The Morgan fingerprint density at radius 3 is 3.06 bits per heavy atom. The first-order valence-corrected chi connectivity index (χ1v) is 6.71. The maximum absolute atomic E-state index is 12.0. The summed E-state index contributed by atoms with van der Waals surface area (Å²) in [4.78, 5) is 18.2. The number of amides is 1. The Morgan fingerprint density at radius 1 is 1.39 bits per heavy atom. The quantitative estimate of drug-likeness (QED) is 0.764. The molecular weight excluding hydrogens is 228 g/mol. The third-order valence-electron chi connectivity index (χ3n) is 3.79. The molecule has 1 amide bonds. The van der Waals surface area contributed by atoms with Crippen LogP contribution in [-0.4, -0.2) is 28.6 Å². The van der Waals surface area contributed by atoms with Crippen LogP contribution in [0.5, 0.6) is 0 Å². The van der Waals surface area contributed by atoms with Gasteiger partial charge in [-0.3, -0.25) is 4.98 Å². The molecule has 1 saturated carbocycles. The molecule has 2 aliphatic rings. The Balaban J connectivity index is 1.62. The van der Waals surface area contributed by atoms with Crippen LogP contribution in [0, 0.1) is 0 Å². The number of aromatic nitrogens is 1. The maximum Gasteiger partial charge on any atom is 0.410 e. The van der Waals surface area contributed by atoms with Crippen molar-refractivity contribution >= 4 is 6.09 Å². The second kappa shape index (κ2) is 4.96. The van der Waals surface area contributed by atoms with Crippen LogP contribution >= 0.6 is 0 Å². The van der Waals surface area contributed by atoms with Crippen molar-refractivity contribution in [3.05, 3.63) is 29.6 Å². The highest BCUT2D eigenvalue weighted by molar-refractivity contribution is 5.68. The van der Waals surface area contributed by atoms with Gasteiger partial charge in [-0.05, 0) is 37.3 Å². The van der Waals surface area contributed by atoms with Crippen LogP contribution in [0.4, 0.5) is 4.79 Å². The van der Waals surface area contributed by atoms with Gasteiger partial charge < -0.3 is 9.64 Å². The lowest BCUT2D eigenvalue weighted by Gasteiger charge is -2.28. The van der Waals surface area contributed by atoms with Crippen molar-refractivity contribution in [1.82, 2.24) is 9.88 Å². The number of fused-ring (bicyclic) bond motifs is 1. The standard InChI is InChI=1S/C14H18N2O2/c17-14(18-12-5-1-2-6-12)16-9-7-13-11(10-16)4-3-8-15-13/h3-4,8,12H,1-2,5-7,9-10H2. The topological polar surface area (TPSA) is 42.4 Å². The van der Waals surface area contributed by atoms with E-state index in [0.29, 0.717) is 6.54 Å². The molecule has 3 rings (SSSR count). The van der Waals surface area contributed by atoms with Crippen LogP contribution < -0.4 is 0 Å². The van der Waals surface area contributed by atoms with Crippen LogP contribution in [0.1, 0.15) is 36.9 Å². The molecule has 0 saturated heterocycles. The minimum Gasteiger partial charge on any atom is -0.446 e. The molecule has 96 valence electrons. The van der Waals surface area contributed by atoms with E-state index in [2.05, 4.69) is 4.98 Å². The number of carbonyl (C=O) groups is 1. The average molecular weight is 246 g/mol. The molecular formula is C14H18N2O2. The molecule has 1 aliphatic carbocycles. The van der Waals surface area contributed by atoms with Gasteiger partial charge in [-0.1, -0.05) is 6.07 Å². The van der Waals surface area contributed by atoms with Crippen molar-refractivity contribution in [3.8, 4) is 0 Å². The molecule has 4 heteroatoms. The highest BCUT2D eigenvalue weighted by atomic mass is 16.6. The number of ether oxygens (including phenoxy) is 1. The summed E-state index contributed by atoms with van der Waals surface area (Å²) in [5.74, 6) is 0. The monoisotopic (exact) mass is 246 g/mol. The predicted molar refractivity (Wildman–Crippen MR) is 67.1 cm³/mol. The van der Waals surface area contributed by atoms with Crippen molar-refractivity contribution in [2.45, 2.75) is 44.8 Å². The first kappa shape index (κ1) is 11.5. The smallest absolute Gasteiger partial charge is 0.410 e. The fourth-order valence-corrected chi connectivity index (χ4v) is 2.75. The van der Waals surface area contributed by atoms with Gasteiger partial charge in [0.1, 0.15) is 6.10 Å².